The van der Waals surface area contributed by atoms with Crippen LogP contribution in [0.2, 0.25) is 0 Å². The van der Waals surface area contributed by atoms with Crippen molar-refractivity contribution in [3.8, 4) is 11.5 Å². The average Bonchev–Trinajstić information content (AvgIpc) is 3.26. The molecule has 1 unspecified atom stereocenters. The molecule has 1 atom stereocenters. The first-order valence-electron chi connectivity index (χ1n) is 8.12. The number of thiophene rings is 1. The van der Waals surface area contributed by atoms with E-state index >= 15 is 0 Å². The van der Waals surface area contributed by atoms with Gasteiger partial charge in [-0.15, -0.1) is 11.3 Å². The number of carboxylic acid groups (broad SMARTS) is 1. The Morgan fingerprint density at radius 3 is 2.71 bits per heavy atom. The highest BCUT2D eigenvalue weighted by atomic mass is 32.1. The van der Waals surface area contributed by atoms with Crippen LogP contribution in [-0.2, 0) is 4.79 Å². The topological polar surface area (TPSA) is 59.0 Å². The molecule has 4 rings (SSSR count). The normalized spacial score (nSPS) is 19.3. The molecule has 126 valence electrons. The van der Waals surface area contributed by atoms with Gasteiger partial charge < -0.3 is 14.6 Å². The van der Waals surface area contributed by atoms with Gasteiger partial charge in [0.05, 0.1) is 12.0 Å². The van der Waals surface area contributed by atoms with Crippen LogP contribution in [0, 0.1) is 5.92 Å². The lowest BCUT2D eigenvalue weighted by atomic mass is 9.93. The number of ether oxygens (including phenoxy) is 2. The number of fused-ring (bicyclic) bond motifs is 1. The molecule has 1 saturated heterocycles. The summed E-state index contributed by atoms with van der Waals surface area (Å²) in [6, 6.07) is 10.4. The van der Waals surface area contributed by atoms with Crippen molar-refractivity contribution in [2.75, 3.05) is 19.9 Å². The smallest absolute Gasteiger partial charge is 0.306 e. The molecule has 2 aromatic rings. The minimum Gasteiger partial charge on any atom is -0.481 e. The van der Waals surface area contributed by atoms with Crippen molar-refractivity contribution < 1.29 is 19.4 Å². The summed E-state index contributed by atoms with van der Waals surface area (Å²) in [7, 11) is 0. The highest BCUT2D eigenvalue weighted by Gasteiger charge is 2.31. The summed E-state index contributed by atoms with van der Waals surface area (Å²) < 4.78 is 10.9. The molecule has 1 aromatic carbocycles. The van der Waals surface area contributed by atoms with Crippen LogP contribution in [-0.4, -0.2) is 35.9 Å². The van der Waals surface area contributed by atoms with Crippen molar-refractivity contribution in [1.29, 1.82) is 0 Å². The van der Waals surface area contributed by atoms with E-state index in [1.807, 2.05) is 6.07 Å². The first-order valence-corrected chi connectivity index (χ1v) is 9.00. The largest absolute Gasteiger partial charge is 0.481 e. The van der Waals surface area contributed by atoms with Gasteiger partial charge in [-0.25, -0.2) is 0 Å². The number of likely N-dealkylation sites (tertiary alicyclic amines) is 1. The number of carboxylic acids is 1. The molecule has 6 heteroatoms. The highest BCUT2D eigenvalue weighted by Crippen LogP contribution is 2.40. The van der Waals surface area contributed by atoms with Crippen LogP contribution in [0.5, 0.6) is 11.5 Å². The zero-order chi connectivity index (χ0) is 16.5. The number of hydrogen-bond acceptors (Lipinski definition) is 5. The van der Waals surface area contributed by atoms with Gasteiger partial charge in [0, 0.05) is 4.88 Å². The summed E-state index contributed by atoms with van der Waals surface area (Å²) >= 11 is 1.73. The monoisotopic (exact) mass is 345 g/mol. The molecule has 1 fully saturated rings. The van der Waals surface area contributed by atoms with Gasteiger partial charge in [0.25, 0.3) is 0 Å². The molecule has 0 aliphatic carbocycles. The maximum atomic E-state index is 11.2. The Kier molecular flexibility index (Phi) is 4.16. The van der Waals surface area contributed by atoms with E-state index in [1.54, 1.807) is 11.3 Å². The van der Waals surface area contributed by atoms with E-state index in [9.17, 15) is 9.90 Å². The van der Waals surface area contributed by atoms with Gasteiger partial charge in [-0.3, -0.25) is 9.69 Å². The third-order valence-corrected chi connectivity index (χ3v) is 5.69. The Morgan fingerprint density at radius 2 is 2.00 bits per heavy atom. The Bertz CT molecular complexity index is 723. The number of carbonyl (C=O) groups is 1. The highest BCUT2D eigenvalue weighted by molar-refractivity contribution is 7.10. The van der Waals surface area contributed by atoms with Crippen LogP contribution >= 0.6 is 11.3 Å². The van der Waals surface area contributed by atoms with Gasteiger partial charge in [-0.2, -0.15) is 0 Å². The van der Waals surface area contributed by atoms with E-state index in [2.05, 4.69) is 34.5 Å². The van der Waals surface area contributed by atoms with Crippen LogP contribution in [0.1, 0.15) is 29.3 Å². The molecule has 0 amide bonds. The van der Waals surface area contributed by atoms with E-state index < -0.39 is 5.97 Å². The maximum absolute atomic E-state index is 11.2. The Morgan fingerprint density at radius 1 is 1.21 bits per heavy atom. The van der Waals surface area contributed by atoms with E-state index in [0.29, 0.717) is 12.8 Å². The maximum Gasteiger partial charge on any atom is 0.306 e. The van der Waals surface area contributed by atoms with Gasteiger partial charge >= 0.3 is 5.97 Å². The molecule has 0 bridgehead atoms. The molecule has 0 saturated carbocycles. The lowest BCUT2D eigenvalue weighted by molar-refractivity contribution is -0.143. The fraction of sp³-hybridized carbons (Fsp3) is 0.389. The van der Waals surface area contributed by atoms with Gasteiger partial charge in [-0.05, 0) is 55.1 Å². The van der Waals surface area contributed by atoms with Gasteiger partial charge in [-0.1, -0.05) is 12.1 Å². The average molecular weight is 345 g/mol. The van der Waals surface area contributed by atoms with E-state index in [-0.39, 0.29) is 18.8 Å². The summed E-state index contributed by atoms with van der Waals surface area (Å²) in [4.78, 5) is 14.9. The van der Waals surface area contributed by atoms with Gasteiger partial charge in [0.1, 0.15) is 0 Å². The third kappa shape index (κ3) is 2.87. The molecule has 1 N–H and O–H groups in total. The lowest BCUT2D eigenvalue weighted by Crippen LogP contribution is -2.39. The molecule has 5 nitrogen and oxygen atoms in total. The molecule has 0 radical (unpaired) electrons. The third-order valence-electron chi connectivity index (χ3n) is 4.77. The molecule has 1 aromatic heterocycles. The van der Waals surface area contributed by atoms with Crippen molar-refractivity contribution in [3.63, 3.8) is 0 Å². The number of hydrogen-bond donors (Lipinski definition) is 1. The molecule has 2 aliphatic rings. The SMILES string of the molecule is O=C(O)C1CCN(C(c2ccc3c(c2)OCO3)c2cccs2)CC1. The van der Waals surface area contributed by atoms with Crippen LogP contribution in [0.4, 0.5) is 0 Å². The van der Waals surface area contributed by atoms with Crippen LogP contribution in [0.25, 0.3) is 0 Å². The lowest BCUT2D eigenvalue weighted by Gasteiger charge is -2.36. The van der Waals surface area contributed by atoms with Crippen molar-refractivity contribution in [1.82, 2.24) is 4.90 Å². The van der Waals surface area contributed by atoms with Crippen LogP contribution in [0.15, 0.2) is 35.7 Å². The van der Waals surface area contributed by atoms with Gasteiger partial charge in [0.2, 0.25) is 6.79 Å². The number of nitrogens with zero attached hydrogens (tertiary/aromatic N) is 1. The second kappa shape index (κ2) is 6.45. The second-order valence-electron chi connectivity index (χ2n) is 6.18. The van der Waals surface area contributed by atoms with Crippen LogP contribution in [0.3, 0.4) is 0 Å². The van der Waals surface area contributed by atoms with Crippen molar-refractivity contribution in [2.24, 2.45) is 5.92 Å². The number of rotatable bonds is 4. The molecular formula is C18H19NO4S. The van der Waals surface area contributed by atoms with E-state index in [4.69, 9.17) is 9.47 Å². The Labute approximate surface area is 144 Å². The van der Waals surface area contributed by atoms with E-state index in [1.165, 1.54) is 4.88 Å². The fourth-order valence-corrected chi connectivity index (χ4v) is 4.38. The Hall–Kier alpha value is -2.05. The molecule has 3 heterocycles. The van der Waals surface area contributed by atoms with Crippen molar-refractivity contribution in [2.45, 2.75) is 18.9 Å². The summed E-state index contributed by atoms with van der Waals surface area (Å²) in [5.74, 6) is 0.676. The summed E-state index contributed by atoms with van der Waals surface area (Å²) in [5.41, 5.74) is 1.16. The van der Waals surface area contributed by atoms with Crippen molar-refractivity contribution in [3.05, 3.63) is 46.2 Å². The predicted molar refractivity (Wildman–Crippen MR) is 90.7 cm³/mol. The fourth-order valence-electron chi connectivity index (χ4n) is 3.49. The zero-order valence-electron chi connectivity index (χ0n) is 13.2. The number of piperidine rings is 1. The van der Waals surface area contributed by atoms with Crippen molar-refractivity contribution >= 4 is 17.3 Å². The summed E-state index contributed by atoms with van der Waals surface area (Å²) in [5, 5.41) is 11.3. The van der Waals surface area contributed by atoms with Crippen LogP contribution < -0.4 is 9.47 Å². The minimum atomic E-state index is -0.676. The number of benzene rings is 1. The molecular weight excluding hydrogens is 326 g/mol. The van der Waals surface area contributed by atoms with Gasteiger partial charge in [0.15, 0.2) is 11.5 Å². The predicted octanol–water partition coefficient (Wildman–Crippen LogP) is 3.36. The molecule has 2 aliphatic heterocycles. The summed E-state index contributed by atoms with van der Waals surface area (Å²) in [6.07, 6.45) is 1.39. The summed E-state index contributed by atoms with van der Waals surface area (Å²) in [6.45, 7) is 1.84. The minimum absolute atomic E-state index is 0.134. The second-order valence-corrected chi connectivity index (χ2v) is 7.16. The first-order chi connectivity index (χ1) is 11.7. The Balaban J connectivity index is 1.62. The first kappa shape index (κ1) is 15.5. The standard InChI is InChI=1S/C18H19NO4S/c20-18(21)12-5-7-19(8-6-12)17(16-2-1-9-24-16)13-3-4-14-15(10-13)23-11-22-14/h1-4,9-10,12,17H,5-8,11H2,(H,20,21). The molecule has 0 spiro atoms. The van der Waals surface area contributed by atoms with E-state index in [0.717, 1.165) is 30.2 Å². The number of aliphatic carboxylic acids is 1. The quantitative estimate of drug-likeness (QED) is 0.921. The zero-order valence-corrected chi connectivity index (χ0v) is 14.0. The molecule has 24 heavy (non-hydrogen) atoms.